The van der Waals surface area contributed by atoms with Crippen molar-refractivity contribution in [1.82, 2.24) is 15.1 Å². The van der Waals surface area contributed by atoms with Crippen LogP contribution in [-0.2, 0) is 14.3 Å². The predicted molar refractivity (Wildman–Crippen MR) is 78.9 cm³/mol. The number of piperazine rings is 1. The standard InChI is InChI=1S/C14H29N3O3/c1-15-14(18)13-20-11-4-3-10-19-12-9-17-7-5-16(2)6-8-17/h3-13H2,1-2H3,(H,15,18). The zero-order valence-corrected chi connectivity index (χ0v) is 12.9. The van der Waals surface area contributed by atoms with Crippen molar-refractivity contribution in [2.24, 2.45) is 0 Å². The Balaban J connectivity index is 1.80. The van der Waals surface area contributed by atoms with E-state index in [1.165, 1.54) is 0 Å². The number of nitrogens with zero attached hydrogens (tertiary/aromatic N) is 2. The van der Waals surface area contributed by atoms with E-state index in [9.17, 15) is 4.79 Å². The van der Waals surface area contributed by atoms with Gasteiger partial charge in [-0.2, -0.15) is 0 Å². The second-order valence-corrected chi connectivity index (χ2v) is 5.19. The van der Waals surface area contributed by atoms with Crippen LogP contribution in [0.15, 0.2) is 0 Å². The average molecular weight is 287 g/mol. The molecule has 1 N–H and O–H groups in total. The van der Waals surface area contributed by atoms with Crippen LogP contribution in [0.2, 0.25) is 0 Å². The molecule has 1 saturated heterocycles. The number of ether oxygens (including phenoxy) is 2. The normalized spacial score (nSPS) is 17.3. The molecule has 1 aliphatic heterocycles. The highest BCUT2D eigenvalue weighted by atomic mass is 16.5. The quantitative estimate of drug-likeness (QED) is 0.564. The van der Waals surface area contributed by atoms with Crippen molar-refractivity contribution in [1.29, 1.82) is 0 Å². The van der Waals surface area contributed by atoms with E-state index in [1.807, 2.05) is 0 Å². The molecule has 0 unspecified atom stereocenters. The number of nitrogens with one attached hydrogen (secondary N) is 1. The van der Waals surface area contributed by atoms with E-state index in [0.717, 1.165) is 58.8 Å². The van der Waals surface area contributed by atoms with Crippen LogP contribution < -0.4 is 5.32 Å². The van der Waals surface area contributed by atoms with E-state index >= 15 is 0 Å². The van der Waals surface area contributed by atoms with E-state index in [-0.39, 0.29) is 12.5 Å². The molecule has 1 amide bonds. The summed E-state index contributed by atoms with van der Waals surface area (Å²) in [6, 6.07) is 0. The lowest BCUT2D eigenvalue weighted by atomic mass is 10.3. The number of rotatable bonds is 10. The van der Waals surface area contributed by atoms with Gasteiger partial charge in [-0.25, -0.2) is 0 Å². The third-order valence-electron chi connectivity index (χ3n) is 3.49. The second-order valence-electron chi connectivity index (χ2n) is 5.19. The number of carbonyl (C=O) groups is 1. The van der Waals surface area contributed by atoms with Gasteiger partial charge < -0.3 is 19.7 Å². The summed E-state index contributed by atoms with van der Waals surface area (Å²) < 4.78 is 10.8. The Morgan fingerprint density at radius 3 is 2.35 bits per heavy atom. The molecular formula is C14H29N3O3. The molecule has 0 aromatic heterocycles. The minimum Gasteiger partial charge on any atom is -0.380 e. The fourth-order valence-corrected chi connectivity index (χ4v) is 2.01. The molecular weight excluding hydrogens is 258 g/mol. The highest BCUT2D eigenvalue weighted by Gasteiger charge is 2.12. The minimum absolute atomic E-state index is 0.0755. The maximum Gasteiger partial charge on any atom is 0.245 e. The van der Waals surface area contributed by atoms with Crippen molar-refractivity contribution in [3.63, 3.8) is 0 Å². The van der Waals surface area contributed by atoms with Crippen molar-refractivity contribution in [3.05, 3.63) is 0 Å². The van der Waals surface area contributed by atoms with Gasteiger partial charge in [-0.05, 0) is 19.9 Å². The van der Waals surface area contributed by atoms with Crippen molar-refractivity contribution in [3.8, 4) is 0 Å². The molecule has 0 atom stereocenters. The van der Waals surface area contributed by atoms with Crippen LogP contribution in [0, 0.1) is 0 Å². The zero-order valence-electron chi connectivity index (χ0n) is 12.9. The van der Waals surface area contributed by atoms with Gasteiger partial charge in [-0.3, -0.25) is 9.69 Å². The molecule has 0 aliphatic carbocycles. The summed E-state index contributed by atoms with van der Waals surface area (Å²) in [5.41, 5.74) is 0. The van der Waals surface area contributed by atoms with Gasteiger partial charge >= 0.3 is 0 Å². The lowest BCUT2D eigenvalue weighted by molar-refractivity contribution is -0.125. The predicted octanol–water partition coefficient (Wildman–Crippen LogP) is -0.207. The average Bonchev–Trinajstić information content (AvgIpc) is 2.47. The van der Waals surface area contributed by atoms with E-state index < -0.39 is 0 Å². The summed E-state index contributed by atoms with van der Waals surface area (Å²) in [7, 11) is 3.78. The summed E-state index contributed by atoms with van der Waals surface area (Å²) in [5.74, 6) is -0.0755. The highest BCUT2D eigenvalue weighted by molar-refractivity contribution is 5.76. The van der Waals surface area contributed by atoms with Gasteiger partial charge in [0.1, 0.15) is 6.61 Å². The summed E-state index contributed by atoms with van der Waals surface area (Å²) in [6.07, 6.45) is 1.92. The number of carbonyl (C=O) groups excluding carboxylic acids is 1. The van der Waals surface area contributed by atoms with Crippen LogP contribution in [-0.4, -0.2) is 89.0 Å². The maximum absolute atomic E-state index is 10.9. The van der Waals surface area contributed by atoms with Gasteiger partial charge in [0.2, 0.25) is 5.91 Å². The summed E-state index contributed by atoms with van der Waals surface area (Å²) in [5, 5.41) is 2.52. The second kappa shape index (κ2) is 11.0. The molecule has 20 heavy (non-hydrogen) atoms. The molecule has 0 spiro atoms. The van der Waals surface area contributed by atoms with Crippen LogP contribution in [0.4, 0.5) is 0 Å². The number of unbranched alkanes of at least 4 members (excludes halogenated alkanes) is 1. The van der Waals surface area contributed by atoms with Crippen LogP contribution in [0.1, 0.15) is 12.8 Å². The Morgan fingerprint density at radius 2 is 1.70 bits per heavy atom. The van der Waals surface area contributed by atoms with E-state index in [1.54, 1.807) is 7.05 Å². The summed E-state index contributed by atoms with van der Waals surface area (Å²) >= 11 is 0. The Kier molecular flexibility index (Phi) is 9.57. The molecule has 6 nitrogen and oxygen atoms in total. The van der Waals surface area contributed by atoms with Crippen LogP contribution in [0.3, 0.4) is 0 Å². The molecule has 6 heteroatoms. The summed E-state index contributed by atoms with van der Waals surface area (Å²) in [6.45, 7) is 7.99. The topological polar surface area (TPSA) is 54.0 Å². The fourth-order valence-electron chi connectivity index (χ4n) is 2.01. The fraction of sp³-hybridized carbons (Fsp3) is 0.929. The van der Waals surface area contributed by atoms with Gasteiger partial charge in [-0.15, -0.1) is 0 Å². The van der Waals surface area contributed by atoms with E-state index in [0.29, 0.717) is 6.61 Å². The van der Waals surface area contributed by atoms with Gasteiger partial charge in [0.05, 0.1) is 6.61 Å². The lowest BCUT2D eigenvalue weighted by Crippen LogP contribution is -2.45. The molecule has 0 aromatic carbocycles. The molecule has 1 rings (SSSR count). The number of likely N-dealkylation sites (N-methyl/N-ethyl adjacent to an activating group) is 2. The Bertz CT molecular complexity index is 256. The molecule has 1 heterocycles. The van der Waals surface area contributed by atoms with E-state index in [2.05, 4.69) is 22.2 Å². The third-order valence-corrected chi connectivity index (χ3v) is 3.49. The van der Waals surface area contributed by atoms with Gasteiger partial charge in [0.15, 0.2) is 0 Å². The largest absolute Gasteiger partial charge is 0.380 e. The third kappa shape index (κ3) is 8.47. The number of hydrogen-bond donors (Lipinski definition) is 1. The molecule has 118 valence electrons. The lowest BCUT2D eigenvalue weighted by Gasteiger charge is -2.32. The van der Waals surface area contributed by atoms with Crippen molar-refractivity contribution >= 4 is 5.91 Å². The van der Waals surface area contributed by atoms with Gasteiger partial charge in [0, 0.05) is 53.0 Å². The van der Waals surface area contributed by atoms with Crippen molar-refractivity contribution in [2.75, 3.05) is 73.2 Å². The first kappa shape index (κ1) is 17.4. The monoisotopic (exact) mass is 287 g/mol. The Hall–Kier alpha value is -0.690. The zero-order chi connectivity index (χ0) is 14.6. The minimum atomic E-state index is -0.0755. The van der Waals surface area contributed by atoms with Crippen LogP contribution >= 0.6 is 0 Å². The maximum atomic E-state index is 10.9. The SMILES string of the molecule is CNC(=O)COCCCCOCCN1CCN(C)CC1. The molecule has 0 aromatic rings. The highest BCUT2D eigenvalue weighted by Crippen LogP contribution is 1.99. The van der Waals surface area contributed by atoms with Gasteiger partial charge in [-0.1, -0.05) is 0 Å². The first-order chi connectivity index (χ1) is 9.72. The van der Waals surface area contributed by atoms with E-state index in [4.69, 9.17) is 9.47 Å². The molecule has 0 saturated carbocycles. The molecule has 1 aliphatic rings. The Labute approximate surface area is 122 Å². The van der Waals surface area contributed by atoms with Crippen LogP contribution in [0.25, 0.3) is 0 Å². The number of hydrogen-bond acceptors (Lipinski definition) is 5. The summed E-state index contributed by atoms with van der Waals surface area (Å²) in [4.78, 5) is 15.7. The first-order valence-corrected chi connectivity index (χ1v) is 7.49. The number of amides is 1. The van der Waals surface area contributed by atoms with Crippen molar-refractivity contribution in [2.45, 2.75) is 12.8 Å². The Morgan fingerprint density at radius 1 is 1.05 bits per heavy atom. The van der Waals surface area contributed by atoms with Crippen molar-refractivity contribution < 1.29 is 14.3 Å². The molecule has 0 bridgehead atoms. The smallest absolute Gasteiger partial charge is 0.245 e. The molecule has 1 fully saturated rings. The van der Waals surface area contributed by atoms with Gasteiger partial charge in [0.25, 0.3) is 0 Å². The van der Waals surface area contributed by atoms with Crippen LogP contribution in [0.5, 0.6) is 0 Å². The molecule has 0 radical (unpaired) electrons. The first-order valence-electron chi connectivity index (χ1n) is 7.49.